The number of benzene rings is 1. The van der Waals surface area contributed by atoms with Crippen LogP contribution in [-0.2, 0) is 6.42 Å². The van der Waals surface area contributed by atoms with E-state index in [-0.39, 0.29) is 23.3 Å². The molecule has 1 aromatic carbocycles. The Morgan fingerprint density at radius 2 is 1.91 bits per heavy atom. The fourth-order valence-corrected chi connectivity index (χ4v) is 3.45. The van der Waals surface area contributed by atoms with Gasteiger partial charge in [0.2, 0.25) is 0 Å². The Labute approximate surface area is 134 Å². The molecule has 2 nitrogen and oxygen atoms in total. The number of hydrogen-bond acceptors (Lipinski definition) is 2. The molecule has 0 spiro atoms. The maximum atomic E-state index is 10.5. The number of aromatic hydroxyl groups is 2. The minimum atomic E-state index is 0.0199. The van der Waals surface area contributed by atoms with Crippen molar-refractivity contribution in [3.63, 3.8) is 0 Å². The van der Waals surface area contributed by atoms with Crippen molar-refractivity contribution < 1.29 is 10.2 Å². The number of aryl methyl sites for hydroxylation is 1. The average molecular weight is 300 g/mol. The first-order valence-corrected chi connectivity index (χ1v) is 8.31. The Morgan fingerprint density at radius 1 is 1.27 bits per heavy atom. The van der Waals surface area contributed by atoms with Crippen LogP contribution in [0, 0.1) is 5.92 Å². The molecule has 2 rings (SSSR count). The van der Waals surface area contributed by atoms with Gasteiger partial charge in [0.1, 0.15) is 11.5 Å². The van der Waals surface area contributed by atoms with Crippen LogP contribution >= 0.6 is 0 Å². The van der Waals surface area contributed by atoms with Gasteiger partial charge in [0.05, 0.1) is 0 Å². The molecule has 0 heterocycles. The van der Waals surface area contributed by atoms with E-state index in [1.165, 1.54) is 5.57 Å². The lowest BCUT2D eigenvalue weighted by Gasteiger charge is -2.31. The lowest BCUT2D eigenvalue weighted by Crippen LogP contribution is -2.17. The predicted molar refractivity (Wildman–Crippen MR) is 92.4 cm³/mol. The van der Waals surface area contributed by atoms with Crippen molar-refractivity contribution in [1.82, 2.24) is 0 Å². The second kappa shape index (κ2) is 7.04. The summed E-state index contributed by atoms with van der Waals surface area (Å²) in [6.07, 6.45) is 7.33. The van der Waals surface area contributed by atoms with E-state index >= 15 is 0 Å². The minimum absolute atomic E-state index is 0.0199. The highest BCUT2D eigenvalue weighted by Gasteiger charge is 2.29. The zero-order valence-electron chi connectivity index (χ0n) is 14.0. The maximum Gasteiger partial charge on any atom is 0.123 e. The molecule has 1 aromatic rings. The van der Waals surface area contributed by atoms with Crippen LogP contribution in [0.25, 0.3) is 0 Å². The topological polar surface area (TPSA) is 40.5 Å². The van der Waals surface area contributed by atoms with Crippen LogP contribution in [0.1, 0.15) is 63.5 Å². The van der Waals surface area contributed by atoms with Gasteiger partial charge in [-0.25, -0.2) is 0 Å². The number of hydrogen-bond donors (Lipinski definition) is 2. The summed E-state index contributed by atoms with van der Waals surface area (Å²) in [6.45, 7) is 10.4. The van der Waals surface area contributed by atoms with Gasteiger partial charge in [0, 0.05) is 11.5 Å². The first kappa shape index (κ1) is 16.7. The smallest absolute Gasteiger partial charge is 0.123 e. The molecule has 0 saturated carbocycles. The van der Waals surface area contributed by atoms with Crippen LogP contribution in [0.15, 0.2) is 35.9 Å². The second-order valence-electron chi connectivity index (χ2n) is 6.68. The van der Waals surface area contributed by atoms with Crippen molar-refractivity contribution >= 4 is 0 Å². The van der Waals surface area contributed by atoms with Crippen LogP contribution in [-0.4, -0.2) is 10.2 Å². The summed E-state index contributed by atoms with van der Waals surface area (Å²) in [4.78, 5) is 0. The Bertz CT molecular complexity index is 560. The van der Waals surface area contributed by atoms with Crippen molar-refractivity contribution in [2.75, 3.05) is 0 Å². The van der Waals surface area contributed by atoms with E-state index in [0.29, 0.717) is 5.56 Å². The van der Waals surface area contributed by atoms with Crippen LogP contribution in [0.4, 0.5) is 0 Å². The number of allylic oxidation sites excluding steroid dienone is 3. The van der Waals surface area contributed by atoms with Gasteiger partial charge < -0.3 is 10.2 Å². The number of phenolic OH excluding ortho intramolecular Hbond substituents is 2. The van der Waals surface area contributed by atoms with Crippen LogP contribution in [0.3, 0.4) is 0 Å². The van der Waals surface area contributed by atoms with E-state index in [1.807, 2.05) is 19.1 Å². The molecule has 0 bridgehead atoms. The summed E-state index contributed by atoms with van der Waals surface area (Å²) in [5.74, 6) is 0.732. The predicted octanol–water partition coefficient (Wildman–Crippen LogP) is 5.46. The van der Waals surface area contributed by atoms with E-state index in [0.717, 1.165) is 43.2 Å². The molecule has 0 saturated heterocycles. The average Bonchev–Trinajstić information content (AvgIpc) is 2.44. The van der Waals surface area contributed by atoms with E-state index in [1.54, 1.807) is 0 Å². The van der Waals surface area contributed by atoms with E-state index in [2.05, 4.69) is 26.5 Å². The molecule has 2 heteroatoms. The standard InChI is InChI=1S/C20H28O2/c1-5-6-7-15-11-18(21)20(19(22)12-15)17-10-14(4)8-9-16(17)13(2)3/h10-12,16-17,21-22H,2,5-9H2,1,3-4H3/t16?,17-/m0/s1. The summed E-state index contributed by atoms with van der Waals surface area (Å²) in [5.41, 5.74) is 4.09. The van der Waals surface area contributed by atoms with Crippen LogP contribution < -0.4 is 0 Å². The summed E-state index contributed by atoms with van der Waals surface area (Å²) < 4.78 is 0. The molecular weight excluding hydrogens is 272 g/mol. The first-order chi connectivity index (χ1) is 10.4. The minimum Gasteiger partial charge on any atom is -0.507 e. The monoisotopic (exact) mass is 300 g/mol. The van der Waals surface area contributed by atoms with E-state index < -0.39 is 0 Å². The number of phenols is 2. The lowest BCUT2D eigenvalue weighted by molar-refractivity contribution is 0.406. The third kappa shape index (κ3) is 3.55. The lowest BCUT2D eigenvalue weighted by atomic mass is 9.73. The van der Waals surface area contributed by atoms with Gasteiger partial charge in [0.15, 0.2) is 0 Å². The highest BCUT2D eigenvalue weighted by atomic mass is 16.3. The summed E-state index contributed by atoms with van der Waals surface area (Å²) in [6, 6.07) is 3.63. The summed E-state index contributed by atoms with van der Waals surface area (Å²) >= 11 is 0. The summed E-state index contributed by atoms with van der Waals surface area (Å²) in [7, 11) is 0. The molecule has 1 unspecified atom stereocenters. The first-order valence-electron chi connectivity index (χ1n) is 8.31. The molecule has 0 amide bonds. The van der Waals surface area contributed by atoms with Crippen molar-refractivity contribution in [1.29, 1.82) is 0 Å². The molecule has 1 aliphatic carbocycles. The molecule has 22 heavy (non-hydrogen) atoms. The molecule has 0 aliphatic heterocycles. The third-order valence-corrected chi connectivity index (χ3v) is 4.73. The van der Waals surface area contributed by atoms with Gasteiger partial charge in [-0.2, -0.15) is 0 Å². The van der Waals surface area contributed by atoms with Gasteiger partial charge >= 0.3 is 0 Å². The molecule has 2 atom stereocenters. The molecule has 2 N–H and O–H groups in total. The van der Waals surface area contributed by atoms with Gasteiger partial charge in [0.25, 0.3) is 0 Å². The van der Waals surface area contributed by atoms with E-state index in [4.69, 9.17) is 0 Å². The fraction of sp³-hybridized carbons (Fsp3) is 0.500. The zero-order chi connectivity index (χ0) is 16.3. The Balaban J connectivity index is 2.41. The third-order valence-electron chi connectivity index (χ3n) is 4.73. The highest BCUT2D eigenvalue weighted by Crippen LogP contribution is 2.46. The summed E-state index contributed by atoms with van der Waals surface area (Å²) in [5, 5.41) is 21.0. The molecule has 0 fully saturated rings. The van der Waals surface area contributed by atoms with Crippen molar-refractivity contribution in [2.45, 2.75) is 58.8 Å². The normalized spacial score (nSPS) is 21.5. The van der Waals surface area contributed by atoms with Gasteiger partial charge in [-0.1, -0.05) is 37.1 Å². The van der Waals surface area contributed by atoms with Crippen LogP contribution in [0.5, 0.6) is 11.5 Å². The van der Waals surface area contributed by atoms with Crippen LogP contribution in [0.2, 0.25) is 0 Å². The molecule has 0 aromatic heterocycles. The van der Waals surface area contributed by atoms with Crippen molar-refractivity contribution in [3.05, 3.63) is 47.1 Å². The zero-order valence-corrected chi connectivity index (χ0v) is 14.0. The molecule has 0 radical (unpaired) electrons. The highest BCUT2D eigenvalue weighted by molar-refractivity contribution is 5.51. The Hall–Kier alpha value is -1.70. The van der Waals surface area contributed by atoms with Gasteiger partial charge in [-0.3, -0.25) is 0 Å². The number of rotatable bonds is 5. The Morgan fingerprint density at radius 3 is 2.45 bits per heavy atom. The largest absolute Gasteiger partial charge is 0.507 e. The fourth-order valence-electron chi connectivity index (χ4n) is 3.45. The van der Waals surface area contributed by atoms with E-state index in [9.17, 15) is 10.2 Å². The quantitative estimate of drug-likeness (QED) is 0.709. The van der Waals surface area contributed by atoms with Crippen molar-refractivity contribution in [2.24, 2.45) is 5.92 Å². The molecule has 1 aliphatic rings. The van der Waals surface area contributed by atoms with Gasteiger partial charge in [-0.05, 0) is 63.1 Å². The van der Waals surface area contributed by atoms with Gasteiger partial charge in [-0.15, -0.1) is 0 Å². The maximum absolute atomic E-state index is 10.5. The molecular formula is C20H28O2. The van der Waals surface area contributed by atoms with Crippen molar-refractivity contribution in [3.8, 4) is 11.5 Å². The SMILES string of the molecule is C=C(C)C1CCC(C)=C[C@@H]1c1c(O)cc(CCCC)cc1O. The number of unbranched alkanes of at least 4 members (excludes halogenated alkanes) is 1. The Kier molecular flexibility index (Phi) is 5.33. The molecule has 120 valence electrons. The second-order valence-corrected chi connectivity index (χ2v) is 6.68.